The van der Waals surface area contributed by atoms with Crippen LogP contribution < -0.4 is 5.32 Å². The van der Waals surface area contributed by atoms with Gasteiger partial charge in [0, 0.05) is 37.6 Å². The summed E-state index contributed by atoms with van der Waals surface area (Å²) in [7, 11) is 0. The van der Waals surface area contributed by atoms with E-state index in [1.165, 1.54) is 5.56 Å². The summed E-state index contributed by atoms with van der Waals surface area (Å²) in [4.78, 5) is 31.4. The van der Waals surface area contributed by atoms with Gasteiger partial charge in [-0.2, -0.15) is 5.10 Å². The molecule has 4 rings (SSSR count). The fourth-order valence-electron chi connectivity index (χ4n) is 3.80. The van der Waals surface area contributed by atoms with Crippen LogP contribution in [0.4, 0.5) is 0 Å². The van der Waals surface area contributed by atoms with Crippen molar-refractivity contribution in [3.05, 3.63) is 71.7 Å². The molecule has 1 fully saturated rings. The summed E-state index contributed by atoms with van der Waals surface area (Å²) < 4.78 is 0. The molecule has 0 bridgehead atoms. The predicted molar refractivity (Wildman–Crippen MR) is 113 cm³/mol. The lowest BCUT2D eigenvalue weighted by molar-refractivity contribution is -0.126. The van der Waals surface area contributed by atoms with Crippen LogP contribution in [0.15, 0.2) is 54.9 Å². The summed E-state index contributed by atoms with van der Waals surface area (Å²) in [6.07, 6.45) is 4.97. The molecule has 0 radical (unpaired) electrons. The van der Waals surface area contributed by atoms with E-state index >= 15 is 0 Å². The van der Waals surface area contributed by atoms with E-state index in [1.807, 2.05) is 37.3 Å². The highest BCUT2D eigenvalue weighted by molar-refractivity contribution is 5.94. The molecular formula is C23H25N5O2. The summed E-state index contributed by atoms with van der Waals surface area (Å²) in [6, 6.07) is 13.5. The van der Waals surface area contributed by atoms with Gasteiger partial charge in [0.25, 0.3) is 5.91 Å². The lowest BCUT2D eigenvalue weighted by atomic mass is 9.96. The number of aromatic amines is 1. The van der Waals surface area contributed by atoms with Crippen molar-refractivity contribution in [3.63, 3.8) is 0 Å². The number of nitrogens with one attached hydrogen (secondary N) is 2. The zero-order valence-electron chi connectivity index (χ0n) is 17.0. The van der Waals surface area contributed by atoms with Crippen molar-refractivity contribution < 1.29 is 9.59 Å². The maximum Gasteiger partial charge on any atom is 0.271 e. The Bertz CT molecular complexity index is 1030. The van der Waals surface area contributed by atoms with E-state index in [4.69, 9.17) is 0 Å². The third kappa shape index (κ3) is 4.56. The number of pyridine rings is 1. The van der Waals surface area contributed by atoms with Crippen molar-refractivity contribution in [1.29, 1.82) is 0 Å². The topological polar surface area (TPSA) is 91.0 Å². The third-order valence-corrected chi connectivity index (χ3v) is 5.41. The van der Waals surface area contributed by atoms with Crippen molar-refractivity contribution >= 4 is 11.8 Å². The molecule has 3 heterocycles. The molecule has 0 aliphatic carbocycles. The summed E-state index contributed by atoms with van der Waals surface area (Å²) in [5.74, 6) is -0.329. The average molecular weight is 403 g/mol. The number of carbonyl (C=O) groups excluding carboxylic acids is 2. The average Bonchev–Trinajstić information content (AvgIpc) is 3.28. The summed E-state index contributed by atoms with van der Waals surface area (Å²) >= 11 is 0. The van der Waals surface area contributed by atoms with Crippen LogP contribution in [0, 0.1) is 12.8 Å². The molecule has 154 valence electrons. The monoisotopic (exact) mass is 403 g/mol. The Morgan fingerprint density at radius 1 is 1.20 bits per heavy atom. The number of benzene rings is 1. The first kappa shape index (κ1) is 19.8. The Balaban J connectivity index is 1.37. The minimum atomic E-state index is -0.199. The van der Waals surface area contributed by atoms with Gasteiger partial charge in [-0.05, 0) is 43.5 Å². The second-order valence-corrected chi connectivity index (χ2v) is 7.70. The standard InChI is InChI=1S/C23H25N5O2/c1-16-4-2-5-17(12-16)14-25-22(29)19-6-3-11-28(15-19)23(30)21-13-20(26-27-21)18-7-9-24-10-8-18/h2,4-5,7-10,12-13,19H,3,6,11,14-15H2,1H3,(H,25,29)(H,26,27). The Hall–Kier alpha value is -3.48. The summed E-state index contributed by atoms with van der Waals surface area (Å²) in [5.41, 5.74) is 4.27. The lowest BCUT2D eigenvalue weighted by Gasteiger charge is -2.31. The molecule has 7 nitrogen and oxygen atoms in total. The van der Waals surface area contributed by atoms with Gasteiger partial charge < -0.3 is 10.2 Å². The number of nitrogens with zero attached hydrogens (tertiary/aromatic N) is 3. The molecule has 7 heteroatoms. The Morgan fingerprint density at radius 3 is 2.83 bits per heavy atom. The van der Waals surface area contributed by atoms with Crippen molar-refractivity contribution in [1.82, 2.24) is 25.4 Å². The van der Waals surface area contributed by atoms with E-state index in [0.29, 0.717) is 31.0 Å². The van der Waals surface area contributed by atoms with Crippen LogP contribution in [0.1, 0.15) is 34.5 Å². The lowest BCUT2D eigenvalue weighted by Crippen LogP contribution is -2.45. The number of aryl methyl sites for hydroxylation is 1. The number of rotatable bonds is 5. The normalized spacial score (nSPS) is 16.3. The van der Waals surface area contributed by atoms with Crippen LogP contribution >= 0.6 is 0 Å². The van der Waals surface area contributed by atoms with Gasteiger partial charge in [0.05, 0.1) is 11.6 Å². The smallest absolute Gasteiger partial charge is 0.271 e. The molecule has 30 heavy (non-hydrogen) atoms. The molecule has 2 aromatic heterocycles. The molecule has 1 aliphatic heterocycles. The molecule has 0 saturated carbocycles. The van der Waals surface area contributed by atoms with Crippen LogP contribution in [0.2, 0.25) is 0 Å². The van der Waals surface area contributed by atoms with Gasteiger partial charge in [0.1, 0.15) is 5.69 Å². The fraction of sp³-hybridized carbons (Fsp3) is 0.304. The number of piperidine rings is 1. The highest BCUT2D eigenvalue weighted by atomic mass is 16.2. The van der Waals surface area contributed by atoms with Crippen LogP contribution in [0.25, 0.3) is 11.3 Å². The zero-order chi connectivity index (χ0) is 20.9. The molecule has 1 aromatic carbocycles. The van der Waals surface area contributed by atoms with E-state index in [0.717, 1.165) is 24.0 Å². The molecule has 1 aliphatic rings. The van der Waals surface area contributed by atoms with E-state index in [1.54, 1.807) is 23.4 Å². The van der Waals surface area contributed by atoms with Crippen molar-refractivity contribution in [3.8, 4) is 11.3 Å². The van der Waals surface area contributed by atoms with Crippen molar-refractivity contribution in [2.24, 2.45) is 5.92 Å². The van der Waals surface area contributed by atoms with E-state index in [-0.39, 0.29) is 17.7 Å². The van der Waals surface area contributed by atoms with Crippen molar-refractivity contribution in [2.75, 3.05) is 13.1 Å². The van der Waals surface area contributed by atoms with Crippen LogP contribution in [0.5, 0.6) is 0 Å². The quantitative estimate of drug-likeness (QED) is 0.685. The first-order valence-electron chi connectivity index (χ1n) is 10.2. The van der Waals surface area contributed by atoms with Gasteiger partial charge in [-0.1, -0.05) is 29.8 Å². The van der Waals surface area contributed by atoms with E-state index in [2.05, 4.69) is 26.6 Å². The Morgan fingerprint density at radius 2 is 2.03 bits per heavy atom. The van der Waals surface area contributed by atoms with Crippen LogP contribution in [-0.4, -0.2) is 45.0 Å². The zero-order valence-corrected chi connectivity index (χ0v) is 17.0. The Kier molecular flexibility index (Phi) is 5.88. The van der Waals surface area contributed by atoms with Gasteiger partial charge >= 0.3 is 0 Å². The predicted octanol–water partition coefficient (Wildman–Crippen LogP) is 2.95. The van der Waals surface area contributed by atoms with Gasteiger partial charge in [-0.25, -0.2) is 0 Å². The summed E-state index contributed by atoms with van der Waals surface area (Å²) in [5, 5.41) is 10.1. The second-order valence-electron chi connectivity index (χ2n) is 7.70. The summed E-state index contributed by atoms with van der Waals surface area (Å²) in [6.45, 7) is 3.60. The first-order chi connectivity index (χ1) is 14.6. The number of hydrogen-bond acceptors (Lipinski definition) is 4. The van der Waals surface area contributed by atoms with Crippen LogP contribution in [0.3, 0.4) is 0 Å². The number of amides is 2. The second kappa shape index (κ2) is 8.90. The molecule has 1 unspecified atom stereocenters. The van der Waals surface area contributed by atoms with E-state index in [9.17, 15) is 9.59 Å². The molecule has 2 N–H and O–H groups in total. The molecule has 1 saturated heterocycles. The molecule has 3 aromatic rings. The van der Waals surface area contributed by atoms with Gasteiger partial charge in [0.2, 0.25) is 5.91 Å². The maximum absolute atomic E-state index is 12.9. The largest absolute Gasteiger partial charge is 0.352 e. The van der Waals surface area contributed by atoms with Crippen LogP contribution in [-0.2, 0) is 11.3 Å². The van der Waals surface area contributed by atoms with Gasteiger partial charge in [-0.15, -0.1) is 0 Å². The molecule has 1 atom stereocenters. The van der Waals surface area contributed by atoms with Crippen molar-refractivity contribution in [2.45, 2.75) is 26.3 Å². The number of aromatic nitrogens is 3. The maximum atomic E-state index is 12.9. The minimum Gasteiger partial charge on any atom is -0.352 e. The number of hydrogen-bond donors (Lipinski definition) is 2. The first-order valence-corrected chi connectivity index (χ1v) is 10.2. The number of likely N-dealkylation sites (tertiary alicyclic amines) is 1. The fourth-order valence-corrected chi connectivity index (χ4v) is 3.80. The highest BCUT2D eigenvalue weighted by Gasteiger charge is 2.29. The SMILES string of the molecule is Cc1cccc(CNC(=O)C2CCCN(C(=O)c3cc(-c4ccncc4)n[nH]3)C2)c1. The highest BCUT2D eigenvalue weighted by Crippen LogP contribution is 2.21. The van der Waals surface area contributed by atoms with E-state index < -0.39 is 0 Å². The number of carbonyl (C=O) groups is 2. The molecule has 2 amide bonds. The Labute approximate surface area is 175 Å². The molecular weight excluding hydrogens is 378 g/mol. The third-order valence-electron chi connectivity index (χ3n) is 5.41. The molecule has 0 spiro atoms. The van der Waals surface area contributed by atoms with Gasteiger partial charge in [-0.3, -0.25) is 19.7 Å². The number of H-pyrrole nitrogens is 1. The van der Waals surface area contributed by atoms with Gasteiger partial charge in [0.15, 0.2) is 0 Å². The minimum absolute atomic E-state index is 0.00362.